The molecule has 0 amide bonds. The normalized spacial score (nSPS) is 23.7. The van der Waals surface area contributed by atoms with Gasteiger partial charge in [0.1, 0.15) is 0 Å². The molecule has 2 rings (SSSR count). The average Bonchev–Trinajstić information content (AvgIpc) is 2.74. The fraction of sp³-hybridized carbons (Fsp3) is 0.300. The Labute approximate surface area is 114 Å². The highest BCUT2D eigenvalue weighted by molar-refractivity contribution is 7.99. The first-order chi connectivity index (χ1) is 8.28. The summed E-state index contributed by atoms with van der Waals surface area (Å²) < 4.78 is 54.1. The molecule has 0 saturated carbocycles. The third kappa shape index (κ3) is 2.10. The largest absolute Gasteiger partial charge is 0.409 e. The number of hydrogen-bond acceptors (Lipinski definition) is 2. The molecule has 1 aliphatic rings. The quantitative estimate of drug-likeness (QED) is 0.403. The van der Waals surface area contributed by atoms with E-state index in [1.54, 1.807) is 0 Å². The first-order valence-corrected chi connectivity index (χ1v) is 6.22. The highest BCUT2D eigenvalue weighted by atomic mass is 35.5. The van der Waals surface area contributed by atoms with E-state index in [-0.39, 0.29) is 12.0 Å². The highest BCUT2D eigenvalue weighted by Gasteiger charge is 2.58. The van der Waals surface area contributed by atoms with E-state index in [4.69, 9.17) is 23.2 Å². The zero-order valence-electron chi connectivity index (χ0n) is 8.56. The highest BCUT2D eigenvalue weighted by Crippen LogP contribution is 2.55. The molecule has 1 aromatic carbocycles. The lowest BCUT2D eigenvalue weighted by Crippen LogP contribution is -2.37. The number of alkyl halides is 3. The fourth-order valence-corrected chi connectivity index (χ4v) is 2.91. The van der Waals surface area contributed by atoms with Crippen LogP contribution < -0.4 is 0 Å². The van der Waals surface area contributed by atoms with Crippen LogP contribution >= 0.6 is 35.1 Å². The second kappa shape index (κ2) is 4.58. The summed E-state index contributed by atoms with van der Waals surface area (Å²) in [5, 5.41) is -0.873. The summed E-state index contributed by atoms with van der Waals surface area (Å²) in [7, 11) is 0. The SMILES string of the molecule is Fc1c(Cl)cc(C2(C(F)(F)F)CC=NS2)cc1Cl. The van der Waals surface area contributed by atoms with Gasteiger partial charge in [-0.3, -0.25) is 0 Å². The molecule has 1 aliphatic heterocycles. The molecule has 18 heavy (non-hydrogen) atoms. The van der Waals surface area contributed by atoms with Gasteiger partial charge in [0.2, 0.25) is 0 Å². The molecule has 0 saturated heterocycles. The van der Waals surface area contributed by atoms with Crippen molar-refractivity contribution in [1.29, 1.82) is 0 Å². The number of benzene rings is 1. The molecule has 1 nitrogen and oxygen atoms in total. The van der Waals surface area contributed by atoms with Crippen molar-refractivity contribution >= 4 is 41.4 Å². The number of halogens is 6. The van der Waals surface area contributed by atoms with Gasteiger partial charge in [-0.1, -0.05) is 23.2 Å². The molecule has 0 aliphatic carbocycles. The summed E-state index contributed by atoms with van der Waals surface area (Å²) in [4.78, 5) is 0. The predicted molar refractivity (Wildman–Crippen MR) is 64.9 cm³/mol. The molecule has 0 spiro atoms. The van der Waals surface area contributed by atoms with Crippen LogP contribution in [0, 0.1) is 5.82 Å². The zero-order valence-corrected chi connectivity index (χ0v) is 10.9. The Morgan fingerprint density at radius 1 is 1.22 bits per heavy atom. The molecule has 1 aromatic rings. The molecule has 8 heteroatoms. The van der Waals surface area contributed by atoms with Gasteiger partial charge in [0.25, 0.3) is 0 Å². The van der Waals surface area contributed by atoms with Crippen molar-refractivity contribution in [3.63, 3.8) is 0 Å². The van der Waals surface area contributed by atoms with Gasteiger partial charge in [-0.05, 0) is 29.6 Å². The molecule has 0 aromatic heterocycles. The van der Waals surface area contributed by atoms with Crippen molar-refractivity contribution in [3.05, 3.63) is 33.6 Å². The predicted octanol–water partition coefficient (Wildman–Crippen LogP) is 5.01. The molecular weight excluding hydrogens is 313 g/mol. The number of hydrogen-bond donors (Lipinski definition) is 0. The monoisotopic (exact) mass is 317 g/mol. The van der Waals surface area contributed by atoms with E-state index >= 15 is 0 Å². The van der Waals surface area contributed by atoms with Crippen molar-refractivity contribution in [2.24, 2.45) is 4.40 Å². The summed E-state index contributed by atoms with van der Waals surface area (Å²) in [6.45, 7) is 0. The topological polar surface area (TPSA) is 12.4 Å². The Bertz CT molecular complexity index is 484. The summed E-state index contributed by atoms with van der Waals surface area (Å²) in [5.74, 6) is -0.927. The third-order valence-corrected chi connectivity index (χ3v) is 4.32. The van der Waals surface area contributed by atoms with Crippen molar-refractivity contribution in [1.82, 2.24) is 0 Å². The van der Waals surface area contributed by atoms with Crippen molar-refractivity contribution in [2.75, 3.05) is 0 Å². The van der Waals surface area contributed by atoms with E-state index in [1.165, 1.54) is 6.21 Å². The van der Waals surface area contributed by atoms with Gasteiger partial charge in [-0.25, -0.2) is 8.79 Å². The van der Waals surface area contributed by atoms with E-state index in [9.17, 15) is 17.6 Å². The van der Waals surface area contributed by atoms with Crippen LogP contribution in [0.4, 0.5) is 17.6 Å². The van der Waals surface area contributed by atoms with E-state index in [1.807, 2.05) is 0 Å². The van der Waals surface area contributed by atoms with Crippen molar-refractivity contribution in [2.45, 2.75) is 17.3 Å². The zero-order chi connectivity index (χ0) is 13.6. The first-order valence-electron chi connectivity index (χ1n) is 4.70. The molecule has 0 fully saturated rings. The van der Waals surface area contributed by atoms with E-state index in [2.05, 4.69) is 4.40 Å². The van der Waals surface area contributed by atoms with Crippen LogP contribution in [-0.2, 0) is 4.75 Å². The molecule has 0 N–H and O–H groups in total. The summed E-state index contributed by atoms with van der Waals surface area (Å²) >= 11 is 11.4. The molecule has 98 valence electrons. The number of nitrogens with zero attached hydrogens (tertiary/aromatic N) is 1. The van der Waals surface area contributed by atoms with Crippen LogP contribution in [0.5, 0.6) is 0 Å². The lowest BCUT2D eigenvalue weighted by atomic mass is 9.94. The van der Waals surface area contributed by atoms with Gasteiger partial charge in [-0.2, -0.15) is 13.2 Å². The second-order valence-corrected chi connectivity index (χ2v) is 5.57. The smallest absolute Gasteiger partial charge is 0.228 e. The Morgan fingerprint density at radius 3 is 2.17 bits per heavy atom. The average molecular weight is 318 g/mol. The Morgan fingerprint density at radius 2 is 1.78 bits per heavy atom. The second-order valence-electron chi connectivity index (χ2n) is 3.66. The molecule has 0 bridgehead atoms. The standard InChI is InChI=1S/C10H5Cl2F4NS/c11-6-3-5(4-7(12)8(6)13)9(10(14,15)16)1-2-17-18-9/h2-4H,1H2. The van der Waals surface area contributed by atoms with E-state index in [0.29, 0.717) is 11.9 Å². The van der Waals surface area contributed by atoms with Crippen LogP contribution in [0.25, 0.3) is 0 Å². The van der Waals surface area contributed by atoms with E-state index in [0.717, 1.165) is 12.1 Å². The lowest BCUT2D eigenvalue weighted by molar-refractivity contribution is -0.159. The van der Waals surface area contributed by atoms with Crippen LogP contribution in [-0.4, -0.2) is 12.4 Å². The Hall–Kier alpha value is -0.460. The minimum Gasteiger partial charge on any atom is -0.228 e. The molecule has 0 radical (unpaired) electrons. The Kier molecular flexibility index (Phi) is 3.55. The van der Waals surface area contributed by atoms with Crippen LogP contribution in [0.2, 0.25) is 10.0 Å². The van der Waals surface area contributed by atoms with E-state index < -0.39 is 26.8 Å². The molecular formula is C10H5Cl2F4NS. The summed E-state index contributed by atoms with van der Waals surface area (Å²) in [6.07, 6.45) is -3.71. The minimum absolute atomic E-state index is 0.200. The Balaban J connectivity index is 2.58. The lowest BCUT2D eigenvalue weighted by Gasteiger charge is -2.30. The van der Waals surface area contributed by atoms with Gasteiger partial charge < -0.3 is 0 Å². The minimum atomic E-state index is -4.54. The maximum atomic E-state index is 13.2. The molecule has 1 unspecified atom stereocenters. The molecule has 1 atom stereocenters. The van der Waals surface area contributed by atoms with Crippen LogP contribution in [0.1, 0.15) is 12.0 Å². The summed E-state index contributed by atoms with van der Waals surface area (Å²) in [6, 6.07) is 1.88. The van der Waals surface area contributed by atoms with Crippen LogP contribution in [0.15, 0.2) is 16.5 Å². The van der Waals surface area contributed by atoms with Gasteiger partial charge in [0.15, 0.2) is 10.6 Å². The summed E-state index contributed by atoms with van der Waals surface area (Å²) in [5.41, 5.74) is -0.200. The first kappa shape index (κ1) is 14.0. The van der Waals surface area contributed by atoms with Gasteiger partial charge in [0.05, 0.1) is 10.0 Å². The maximum absolute atomic E-state index is 13.2. The van der Waals surface area contributed by atoms with Gasteiger partial charge in [-0.15, -0.1) is 0 Å². The van der Waals surface area contributed by atoms with Crippen LogP contribution in [0.3, 0.4) is 0 Å². The van der Waals surface area contributed by atoms with Crippen molar-refractivity contribution < 1.29 is 17.6 Å². The van der Waals surface area contributed by atoms with Gasteiger partial charge in [0, 0.05) is 12.6 Å². The third-order valence-electron chi connectivity index (χ3n) is 2.57. The molecule has 1 heterocycles. The van der Waals surface area contributed by atoms with Crippen molar-refractivity contribution in [3.8, 4) is 0 Å². The van der Waals surface area contributed by atoms with Gasteiger partial charge >= 0.3 is 6.18 Å². The maximum Gasteiger partial charge on any atom is 0.409 e. The number of rotatable bonds is 1. The fourth-order valence-electron chi connectivity index (χ4n) is 1.62.